The number of benzene rings is 3. The average molecular weight is 1140 g/mol. The largest absolute Gasteiger partial charge is 0.370 e. The number of guanidine groups is 2. The predicted molar refractivity (Wildman–Crippen MR) is 323 cm³/mol. The fourth-order valence-corrected chi connectivity index (χ4v) is 9.97. The van der Waals surface area contributed by atoms with Crippen LogP contribution in [0, 0.1) is 0 Å². The number of rotatable bonds is 36. The molecule has 0 aliphatic heterocycles. The number of H-pyrrole nitrogens is 3. The summed E-state index contributed by atoms with van der Waals surface area (Å²) in [5.74, 6) is -4.79. The van der Waals surface area contributed by atoms with Crippen LogP contribution in [-0.2, 0) is 52.8 Å². The van der Waals surface area contributed by atoms with Gasteiger partial charge in [0.2, 0.25) is 41.4 Å². The van der Waals surface area contributed by atoms with Crippen molar-refractivity contribution >= 4 is 86.0 Å². The Bertz CT molecular complexity index is 3170. The normalized spacial score (nSPS) is 13.4. The van der Waals surface area contributed by atoms with E-state index in [0.717, 1.165) is 70.4 Å². The molecule has 0 bridgehead atoms. The minimum Gasteiger partial charge on any atom is -0.370 e. The van der Waals surface area contributed by atoms with Crippen molar-refractivity contribution in [3.05, 3.63) is 108 Å². The lowest BCUT2D eigenvalue weighted by atomic mass is 10.0. The van der Waals surface area contributed by atoms with Crippen LogP contribution in [0.1, 0.15) is 107 Å². The van der Waals surface area contributed by atoms with Crippen LogP contribution in [0.5, 0.6) is 0 Å². The van der Waals surface area contributed by atoms with Crippen LogP contribution in [0.15, 0.2) is 101 Å². The van der Waals surface area contributed by atoms with Crippen molar-refractivity contribution in [2.24, 2.45) is 44.4 Å². The predicted octanol–water partition coefficient (Wildman–Crippen LogP) is 2.15. The van der Waals surface area contributed by atoms with Gasteiger partial charge in [-0.1, -0.05) is 87.2 Å². The van der Waals surface area contributed by atoms with Crippen molar-refractivity contribution in [2.75, 3.05) is 19.6 Å². The molecule has 7 amide bonds. The molecule has 0 saturated carbocycles. The number of aromatic amines is 3. The molecular formula is C59H83N17O7. The SMILES string of the molecule is CCCCCCCC(=O)NCCCC[C@H](NC(=O)[C@@H](Cc1c[nH]c2ccccc12)NC(=O)[C@H](CCCN=C(N)N)NC(=O)[C@@H](Cc1c[nH]c2ccccc12)NC(=O)[C@@H](CCCN=C(N)N)NC(=O)[C@H](N)Cc1c[nH]c2ccccc12)C(N)=O. The Morgan fingerprint density at radius 3 is 1.31 bits per heavy atom. The van der Waals surface area contributed by atoms with Crippen LogP contribution >= 0.6 is 0 Å². The fourth-order valence-electron chi connectivity index (χ4n) is 9.97. The molecular weight excluding hydrogens is 1060 g/mol. The van der Waals surface area contributed by atoms with E-state index in [-0.39, 0.29) is 82.3 Å². The van der Waals surface area contributed by atoms with Gasteiger partial charge >= 0.3 is 0 Å². The maximum atomic E-state index is 15.0. The Balaban J connectivity index is 1.23. The van der Waals surface area contributed by atoms with Gasteiger partial charge in [0, 0.05) is 90.2 Å². The van der Waals surface area contributed by atoms with Crippen LogP contribution in [-0.4, -0.2) is 124 Å². The highest BCUT2D eigenvalue weighted by Gasteiger charge is 2.34. The summed E-state index contributed by atoms with van der Waals surface area (Å²) in [4.78, 5) is 116. The molecule has 3 heterocycles. The number of nitrogens with two attached hydrogens (primary N) is 6. The van der Waals surface area contributed by atoms with Gasteiger partial charge in [-0.05, 0) is 92.7 Å². The maximum Gasteiger partial charge on any atom is 0.243 e. The second kappa shape index (κ2) is 32.5. The van der Waals surface area contributed by atoms with Gasteiger partial charge in [0.05, 0.1) is 6.04 Å². The Labute approximate surface area is 482 Å². The van der Waals surface area contributed by atoms with Gasteiger partial charge < -0.3 is 81.3 Å². The number of para-hydroxylation sites is 3. The van der Waals surface area contributed by atoms with Crippen molar-refractivity contribution in [3.63, 3.8) is 0 Å². The number of nitrogens with zero attached hydrogens (tertiary/aromatic N) is 2. The molecule has 0 fully saturated rings. The van der Waals surface area contributed by atoms with E-state index in [2.05, 4.69) is 63.8 Å². The van der Waals surface area contributed by atoms with Gasteiger partial charge in [0.15, 0.2) is 11.9 Å². The lowest BCUT2D eigenvalue weighted by Gasteiger charge is -2.27. The highest BCUT2D eigenvalue weighted by molar-refractivity contribution is 5.98. The van der Waals surface area contributed by atoms with E-state index in [9.17, 15) is 33.6 Å². The molecule has 6 aromatic rings. The number of aromatic nitrogens is 3. The Morgan fingerprint density at radius 2 is 0.855 bits per heavy atom. The number of carbonyl (C=O) groups is 7. The van der Waals surface area contributed by atoms with E-state index in [4.69, 9.17) is 34.4 Å². The maximum absolute atomic E-state index is 15.0. The van der Waals surface area contributed by atoms with Crippen molar-refractivity contribution in [1.29, 1.82) is 0 Å². The summed E-state index contributed by atoms with van der Waals surface area (Å²) in [7, 11) is 0. The number of hydrogen-bond donors (Lipinski definition) is 15. The van der Waals surface area contributed by atoms with E-state index < -0.39 is 71.7 Å². The van der Waals surface area contributed by atoms with Gasteiger partial charge in [-0.3, -0.25) is 43.5 Å². The lowest BCUT2D eigenvalue weighted by molar-refractivity contribution is -0.135. The first kappa shape index (κ1) is 63.3. The first-order chi connectivity index (χ1) is 40.0. The number of nitrogens with one attached hydrogen (secondary N) is 9. The molecule has 0 unspecified atom stereocenters. The first-order valence-corrected chi connectivity index (χ1v) is 28.6. The second-order valence-corrected chi connectivity index (χ2v) is 20.9. The van der Waals surface area contributed by atoms with E-state index in [1.54, 1.807) is 18.6 Å². The quantitative estimate of drug-likeness (QED) is 0.0153. The van der Waals surface area contributed by atoms with Crippen LogP contribution in [0.25, 0.3) is 32.7 Å². The van der Waals surface area contributed by atoms with E-state index in [1.807, 2.05) is 72.8 Å². The molecule has 24 nitrogen and oxygen atoms in total. The van der Waals surface area contributed by atoms with E-state index in [1.165, 1.54) is 0 Å². The molecule has 24 heteroatoms. The molecule has 3 aromatic heterocycles. The Kier molecular flexibility index (Phi) is 24.8. The summed E-state index contributed by atoms with van der Waals surface area (Å²) >= 11 is 0. The third kappa shape index (κ3) is 19.9. The second-order valence-electron chi connectivity index (χ2n) is 20.9. The highest BCUT2D eigenvalue weighted by atomic mass is 16.2. The summed E-state index contributed by atoms with van der Waals surface area (Å²) in [6, 6.07) is 14.9. The number of amides is 7. The van der Waals surface area contributed by atoms with Crippen LogP contribution in [0.3, 0.4) is 0 Å². The summed E-state index contributed by atoms with van der Waals surface area (Å²) in [5, 5.41) is 19.5. The molecule has 446 valence electrons. The van der Waals surface area contributed by atoms with E-state index in [0.29, 0.717) is 36.9 Å². The summed E-state index contributed by atoms with van der Waals surface area (Å²) in [6.45, 7) is 2.72. The standard InChI is InChI=1S/C59H83N17O7/c1-2-3-4-5-6-26-51(77)66-27-14-13-23-46(52(61)78)72-56(82)49(31-37-34-70-44-21-11-8-18-40(37)44)75-55(81)48(25-16-29-68-59(64)65)74-57(83)50(32-38-35-71-45-22-12-9-19-41(38)45)76-54(80)47(24-15-28-67-58(62)63)73-53(79)42(60)30-36-33-69-43-20-10-7-17-39(36)43/h7-12,17-22,33-35,42,46-50,69-71H,2-6,13-16,23-32,60H2,1H3,(H2,61,78)(H,66,77)(H,72,82)(H,73,79)(H,74,83)(H,75,81)(H,76,80)(H4,62,63,67)(H4,64,65,68)/t42-,46+,47-,48+,49-,50-/m1/s1. The molecule has 0 saturated heterocycles. The Morgan fingerprint density at radius 1 is 0.458 bits per heavy atom. The fraction of sp³-hybridized carbons (Fsp3) is 0.441. The minimum atomic E-state index is -1.36. The minimum absolute atomic E-state index is 0.0410. The topological polar surface area (TPSA) is 420 Å². The van der Waals surface area contributed by atoms with Crippen molar-refractivity contribution in [1.82, 2.24) is 46.9 Å². The summed E-state index contributed by atoms with van der Waals surface area (Å²) < 4.78 is 0. The van der Waals surface area contributed by atoms with Crippen molar-refractivity contribution in [3.8, 4) is 0 Å². The third-order valence-electron chi connectivity index (χ3n) is 14.5. The Hall–Kier alpha value is -8.93. The number of carbonyl (C=O) groups excluding carboxylic acids is 7. The zero-order chi connectivity index (χ0) is 59.7. The van der Waals surface area contributed by atoms with Crippen molar-refractivity contribution < 1.29 is 33.6 Å². The number of unbranched alkanes of at least 4 members (excludes halogenated alkanes) is 5. The molecule has 3 aromatic carbocycles. The molecule has 83 heavy (non-hydrogen) atoms. The molecule has 6 rings (SSSR count). The van der Waals surface area contributed by atoms with E-state index >= 15 is 0 Å². The smallest absolute Gasteiger partial charge is 0.243 e. The third-order valence-corrected chi connectivity index (χ3v) is 14.5. The summed E-state index contributed by atoms with van der Waals surface area (Å²) in [6.07, 6.45) is 12.4. The number of fused-ring (bicyclic) bond motifs is 3. The van der Waals surface area contributed by atoms with Gasteiger partial charge in [-0.2, -0.15) is 0 Å². The number of hydrogen-bond acceptors (Lipinski definition) is 10. The molecule has 0 aliphatic carbocycles. The highest BCUT2D eigenvalue weighted by Crippen LogP contribution is 2.23. The van der Waals surface area contributed by atoms with Gasteiger partial charge in [0.25, 0.3) is 0 Å². The zero-order valence-corrected chi connectivity index (χ0v) is 47.3. The number of primary amides is 1. The zero-order valence-electron chi connectivity index (χ0n) is 47.3. The molecule has 0 spiro atoms. The molecule has 0 aliphatic rings. The van der Waals surface area contributed by atoms with Crippen molar-refractivity contribution in [2.45, 2.75) is 146 Å². The molecule has 0 radical (unpaired) electrons. The van der Waals surface area contributed by atoms with Gasteiger partial charge in [-0.15, -0.1) is 0 Å². The number of aliphatic imine (C=N–C) groups is 2. The average Bonchev–Trinajstić information content (AvgIpc) is 4.39. The molecule has 6 atom stereocenters. The van der Waals surface area contributed by atoms with Crippen LogP contribution < -0.4 is 66.3 Å². The molecule has 21 N–H and O–H groups in total. The lowest BCUT2D eigenvalue weighted by Crippen LogP contribution is -2.60. The van der Waals surface area contributed by atoms with Crippen LogP contribution in [0.2, 0.25) is 0 Å². The summed E-state index contributed by atoms with van der Waals surface area (Å²) in [5.41, 5.74) is 39.4. The monoisotopic (exact) mass is 1140 g/mol. The van der Waals surface area contributed by atoms with Crippen LogP contribution in [0.4, 0.5) is 0 Å². The van der Waals surface area contributed by atoms with Gasteiger partial charge in [-0.25, -0.2) is 0 Å². The first-order valence-electron chi connectivity index (χ1n) is 28.6. The van der Waals surface area contributed by atoms with Gasteiger partial charge in [0.1, 0.15) is 30.2 Å².